The van der Waals surface area contributed by atoms with Crippen LogP contribution >= 0.6 is 11.8 Å². The Kier molecular flexibility index (Phi) is 4.80. The van der Waals surface area contributed by atoms with Crippen LogP contribution in [0.25, 0.3) is 6.08 Å². The fourth-order valence-electron chi connectivity index (χ4n) is 2.93. The molecule has 2 aliphatic rings. The lowest BCUT2D eigenvalue weighted by Crippen LogP contribution is -2.34. The minimum atomic E-state index is -0.00169. The fourth-order valence-corrected chi connectivity index (χ4v) is 3.88. The van der Waals surface area contributed by atoms with E-state index in [2.05, 4.69) is 36.2 Å². The van der Waals surface area contributed by atoms with Crippen LogP contribution in [0.15, 0.2) is 59.2 Å². The van der Waals surface area contributed by atoms with Gasteiger partial charge in [-0.05, 0) is 42.7 Å². The molecule has 132 valence electrons. The van der Waals surface area contributed by atoms with Crippen molar-refractivity contribution in [3.8, 4) is 5.75 Å². The predicted octanol–water partition coefficient (Wildman–Crippen LogP) is 4.25. The number of hydrogen-bond donors (Lipinski definition) is 0. The van der Waals surface area contributed by atoms with Crippen LogP contribution in [0.2, 0.25) is 0 Å². The molecular formula is C21H20N2O2S. The average Bonchev–Trinajstić information content (AvgIpc) is 2.98. The van der Waals surface area contributed by atoms with E-state index in [-0.39, 0.29) is 5.91 Å². The van der Waals surface area contributed by atoms with Gasteiger partial charge < -0.3 is 4.74 Å². The number of nitrogens with zero attached hydrogens (tertiary/aromatic N) is 2. The number of fused-ring (bicyclic) bond motifs is 1. The highest BCUT2D eigenvalue weighted by molar-refractivity contribution is 8.13. The number of aryl methyl sites for hydroxylation is 1. The Balaban J connectivity index is 1.48. The number of aliphatic imine (C=N–C) groups is 1. The normalized spacial score (nSPS) is 18.0. The molecule has 1 amide bonds. The average molecular weight is 364 g/mol. The van der Waals surface area contributed by atoms with E-state index in [0.29, 0.717) is 12.3 Å². The van der Waals surface area contributed by atoms with Gasteiger partial charge in [0.15, 0.2) is 5.17 Å². The van der Waals surface area contributed by atoms with Gasteiger partial charge in [-0.1, -0.05) is 53.7 Å². The van der Waals surface area contributed by atoms with Gasteiger partial charge in [0.2, 0.25) is 0 Å². The van der Waals surface area contributed by atoms with E-state index >= 15 is 0 Å². The van der Waals surface area contributed by atoms with Gasteiger partial charge in [0.25, 0.3) is 5.91 Å². The molecule has 2 heterocycles. The van der Waals surface area contributed by atoms with Crippen molar-refractivity contribution in [2.75, 3.05) is 12.3 Å². The van der Waals surface area contributed by atoms with Gasteiger partial charge in [-0.25, -0.2) is 4.99 Å². The summed E-state index contributed by atoms with van der Waals surface area (Å²) in [5.74, 6) is 1.81. The molecule has 2 aromatic rings. The Morgan fingerprint density at radius 1 is 1.23 bits per heavy atom. The second kappa shape index (κ2) is 7.38. The zero-order chi connectivity index (χ0) is 17.9. The molecule has 0 radical (unpaired) electrons. The second-order valence-electron chi connectivity index (χ2n) is 6.43. The largest absolute Gasteiger partial charge is 0.489 e. The maximum absolute atomic E-state index is 12.5. The van der Waals surface area contributed by atoms with E-state index in [1.807, 2.05) is 30.3 Å². The third-order valence-electron chi connectivity index (χ3n) is 4.36. The Morgan fingerprint density at radius 2 is 2.08 bits per heavy atom. The topological polar surface area (TPSA) is 41.9 Å². The summed E-state index contributed by atoms with van der Waals surface area (Å²) >= 11 is 1.65. The van der Waals surface area contributed by atoms with Crippen molar-refractivity contribution in [3.63, 3.8) is 0 Å². The van der Waals surface area contributed by atoms with Crippen LogP contribution in [-0.4, -0.2) is 28.3 Å². The molecule has 0 aromatic heterocycles. The van der Waals surface area contributed by atoms with Crippen LogP contribution in [0.1, 0.15) is 23.1 Å². The van der Waals surface area contributed by atoms with Gasteiger partial charge in [-0.3, -0.25) is 9.69 Å². The highest BCUT2D eigenvalue weighted by Crippen LogP contribution is 2.28. The standard InChI is InChI=1S/C21H20N2O2S/c1-15-6-8-16(9-7-15)14-25-18-5-2-4-17(12-18)13-19-20(24)23-10-3-11-26-21(23)22-19/h2,4-9,12-13H,3,10-11,14H2,1H3/b19-13+. The summed E-state index contributed by atoms with van der Waals surface area (Å²) < 4.78 is 5.89. The molecule has 2 aromatic carbocycles. The van der Waals surface area contributed by atoms with E-state index < -0.39 is 0 Å². The lowest BCUT2D eigenvalue weighted by molar-refractivity contribution is -0.122. The van der Waals surface area contributed by atoms with Crippen LogP contribution in [0, 0.1) is 6.92 Å². The highest BCUT2D eigenvalue weighted by atomic mass is 32.2. The molecule has 1 fully saturated rings. The molecular weight excluding hydrogens is 344 g/mol. The summed E-state index contributed by atoms with van der Waals surface area (Å²) in [6, 6.07) is 16.1. The maximum atomic E-state index is 12.5. The van der Waals surface area contributed by atoms with Gasteiger partial charge in [-0.2, -0.15) is 0 Å². The molecule has 2 aliphatic heterocycles. The van der Waals surface area contributed by atoms with Crippen molar-refractivity contribution in [3.05, 3.63) is 70.9 Å². The smallest absolute Gasteiger partial charge is 0.278 e. The molecule has 1 saturated heterocycles. The number of thioether (sulfide) groups is 1. The fraction of sp³-hybridized carbons (Fsp3) is 0.238. The molecule has 0 N–H and O–H groups in total. The molecule has 5 heteroatoms. The quantitative estimate of drug-likeness (QED) is 0.762. The van der Waals surface area contributed by atoms with Crippen LogP contribution in [0.4, 0.5) is 0 Å². The summed E-state index contributed by atoms with van der Waals surface area (Å²) in [7, 11) is 0. The summed E-state index contributed by atoms with van der Waals surface area (Å²) in [5, 5.41) is 0.833. The molecule has 0 aliphatic carbocycles. The van der Waals surface area contributed by atoms with E-state index in [4.69, 9.17) is 4.74 Å². The van der Waals surface area contributed by atoms with Crippen molar-refractivity contribution in [2.45, 2.75) is 20.0 Å². The zero-order valence-corrected chi connectivity index (χ0v) is 15.5. The predicted molar refractivity (Wildman–Crippen MR) is 106 cm³/mol. The molecule has 0 spiro atoms. The molecule has 4 nitrogen and oxygen atoms in total. The van der Waals surface area contributed by atoms with Crippen molar-refractivity contribution < 1.29 is 9.53 Å². The van der Waals surface area contributed by atoms with Crippen LogP contribution in [0.3, 0.4) is 0 Å². The third-order valence-corrected chi connectivity index (χ3v) is 5.42. The second-order valence-corrected chi connectivity index (χ2v) is 7.49. The summed E-state index contributed by atoms with van der Waals surface area (Å²) in [6.07, 6.45) is 2.86. The number of amides is 1. The van der Waals surface area contributed by atoms with Gasteiger partial charge >= 0.3 is 0 Å². The van der Waals surface area contributed by atoms with Gasteiger partial charge in [0.05, 0.1) is 0 Å². The van der Waals surface area contributed by atoms with Crippen molar-refractivity contribution >= 4 is 28.9 Å². The highest BCUT2D eigenvalue weighted by Gasteiger charge is 2.32. The van der Waals surface area contributed by atoms with E-state index in [0.717, 1.165) is 40.8 Å². The van der Waals surface area contributed by atoms with E-state index in [9.17, 15) is 4.79 Å². The summed E-state index contributed by atoms with van der Waals surface area (Å²) in [6.45, 7) is 3.36. The first-order valence-electron chi connectivity index (χ1n) is 8.72. The van der Waals surface area contributed by atoms with Crippen LogP contribution in [0.5, 0.6) is 5.75 Å². The number of carbonyl (C=O) groups is 1. The first-order chi connectivity index (χ1) is 12.7. The third kappa shape index (κ3) is 3.68. The van der Waals surface area contributed by atoms with Gasteiger partial charge in [0, 0.05) is 12.3 Å². The Morgan fingerprint density at radius 3 is 2.88 bits per heavy atom. The molecule has 0 saturated carbocycles. The lowest BCUT2D eigenvalue weighted by Gasteiger charge is -2.21. The van der Waals surface area contributed by atoms with Crippen molar-refractivity contribution in [2.24, 2.45) is 4.99 Å². The number of ether oxygens (including phenoxy) is 1. The zero-order valence-electron chi connectivity index (χ0n) is 14.6. The maximum Gasteiger partial charge on any atom is 0.278 e. The minimum Gasteiger partial charge on any atom is -0.489 e. The van der Waals surface area contributed by atoms with Crippen LogP contribution in [-0.2, 0) is 11.4 Å². The van der Waals surface area contributed by atoms with E-state index in [1.54, 1.807) is 16.7 Å². The SMILES string of the molecule is Cc1ccc(COc2cccc(/C=C3/N=C4SCCCN4C3=O)c2)cc1. The number of carbonyl (C=O) groups excluding carboxylic acids is 1. The Bertz CT molecular complexity index is 887. The summed E-state index contributed by atoms with van der Waals surface area (Å²) in [5.41, 5.74) is 3.79. The van der Waals surface area contributed by atoms with Crippen molar-refractivity contribution in [1.82, 2.24) is 4.90 Å². The first kappa shape index (κ1) is 16.9. The van der Waals surface area contributed by atoms with Gasteiger partial charge in [-0.15, -0.1) is 0 Å². The summed E-state index contributed by atoms with van der Waals surface area (Å²) in [4.78, 5) is 18.7. The Labute approximate surface area is 157 Å². The molecule has 0 atom stereocenters. The Hall–Kier alpha value is -2.53. The molecule has 26 heavy (non-hydrogen) atoms. The van der Waals surface area contributed by atoms with Gasteiger partial charge in [0.1, 0.15) is 18.1 Å². The monoisotopic (exact) mass is 364 g/mol. The molecule has 4 rings (SSSR count). The number of rotatable bonds is 4. The molecule has 0 unspecified atom stereocenters. The first-order valence-corrected chi connectivity index (χ1v) is 9.71. The van der Waals surface area contributed by atoms with Crippen molar-refractivity contribution in [1.29, 1.82) is 0 Å². The van der Waals surface area contributed by atoms with E-state index in [1.165, 1.54) is 5.56 Å². The number of hydrogen-bond acceptors (Lipinski definition) is 4. The number of amidine groups is 1. The van der Waals surface area contributed by atoms with Crippen LogP contribution < -0.4 is 4.74 Å². The molecule has 0 bridgehead atoms. The minimum absolute atomic E-state index is 0.00169. The lowest BCUT2D eigenvalue weighted by atomic mass is 10.1. The number of benzene rings is 2.